The summed E-state index contributed by atoms with van der Waals surface area (Å²) in [7, 11) is 0. The Kier molecular flexibility index (Phi) is 5.44. The summed E-state index contributed by atoms with van der Waals surface area (Å²) in [4.78, 5) is 0. The summed E-state index contributed by atoms with van der Waals surface area (Å²) in [5.74, 6) is 0.658. The maximum absolute atomic E-state index is 9.80. The van der Waals surface area contributed by atoms with Crippen LogP contribution < -0.4 is 10.5 Å². The fourth-order valence-corrected chi connectivity index (χ4v) is 1.93. The van der Waals surface area contributed by atoms with Gasteiger partial charge in [-0.1, -0.05) is 6.07 Å². The molecule has 0 saturated carbocycles. The summed E-state index contributed by atoms with van der Waals surface area (Å²) in [5, 5.41) is 9.80. The van der Waals surface area contributed by atoms with Gasteiger partial charge >= 0.3 is 0 Å². The van der Waals surface area contributed by atoms with Crippen LogP contribution in [0.2, 0.25) is 0 Å². The molecule has 1 fully saturated rings. The van der Waals surface area contributed by atoms with Crippen molar-refractivity contribution in [3.8, 4) is 5.75 Å². The van der Waals surface area contributed by atoms with Crippen molar-refractivity contribution in [2.45, 2.75) is 25.0 Å². The molecule has 1 saturated heterocycles. The van der Waals surface area contributed by atoms with Gasteiger partial charge in [-0.3, -0.25) is 0 Å². The molecule has 0 spiro atoms. The quantitative estimate of drug-likeness (QED) is 0.758. The van der Waals surface area contributed by atoms with Gasteiger partial charge in [0, 0.05) is 25.0 Å². The third-order valence-electron chi connectivity index (χ3n) is 2.99. The predicted molar refractivity (Wildman–Crippen MR) is 72.1 cm³/mol. The van der Waals surface area contributed by atoms with Crippen molar-refractivity contribution >= 4 is 5.69 Å². The monoisotopic (exact) mass is 267 g/mol. The summed E-state index contributed by atoms with van der Waals surface area (Å²) in [5.41, 5.74) is 6.29. The Morgan fingerprint density at radius 1 is 1.32 bits per heavy atom. The molecule has 1 atom stereocenters. The Hall–Kier alpha value is -1.30. The number of nitrogen functional groups attached to an aromatic ring is 1. The van der Waals surface area contributed by atoms with Crippen LogP contribution in [0.5, 0.6) is 5.75 Å². The van der Waals surface area contributed by atoms with Crippen molar-refractivity contribution in [3.63, 3.8) is 0 Å². The van der Waals surface area contributed by atoms with Gasteiger partial charge in [0.1, 0.15) is 18.5 Å². The lowest BCUT2D eigenvalue weighted by Crippen LogP contribution is -2.30. The second-order valence-electron chi connectivity index (χ2n) is 4.68. The van der Waals surface area contributed by atoms with E-state index in [2.05, 4.69) is 0 Å². The largest absolute Gasteiger partial charge is 0.491 e. The average Bonchev–Trinajstić information content (AvgIpc) is 2.44. The SMILES string of the molecule is Nc1cccc(OCC(O)COC2CCOCC2)c1. The summed E-state index contributed by atoms with van der Waals surface area (Å²) in [6, 6.07) is 7.14. The third-order valence-corrected chi connectivity index (χ3v) is 2.99. The first kappa shape index (κ1) is 14.1. The number of nitrogens with two attached hydrogens (primary N) is 1. The first-order chi connectivity index (χ1) is 9.24. The van der Waals surface area contributed by atoms with Crippen LogP contribution in [0.3, 0.4) is 0 Å². The van der Waals surface area contributed by atoms with Gasteiger partial charge in [-0.25, -0.2) is 0 Å². The van der Waals surface area contributed by atoms with E-state index in [1.807, 2.05) is 12.1 Å². The summed E-state index contributed by atoms with van der Waals surface area (Å²) in [6.07, 6.45) is 1.34. The smallest absolute Gasteiger partial charge is 0.121 e. The van der Waals surface area contributed by atoms with Gasteiger partial charge in [0.25, 0.3) is 0 Å². The summed E-state index contributed by atoms with van der Waals surface area (Å²) < 4.78 is 16.3. The maximum Gasteiger partial charge on any atom is 0.121 e. The minimum Gasteiger partial charge on any atom is -0.491 e. The Balaban J connectivity index is 1.65. The van der Waals surface area contributed by atoms with Crippen LogP contribution in [-0.4, -0.2) is 43.7 Å². The van der Waals surface area contributed by atoms with Crippen molar-refractivity contribution in [3.05, 3.63) is 24.3 Å². The molecule has 0 aliphatic carbocycles. The Labute approximate surface area is 113 Å². The second kappa shape index (κ2) is 7.33. The van der Waals surface area contributed by atoms with E-state index in [1.165, 1.54) is 0 Å². The zero-order valence-electron chi connectivity index (χ0n) is 11.0. The van der Waals surface area contributed by atoms with E-state index in [-0.39, 0.29) is 19.3 Å². The first-order valence-corrected chi connectivity index (χ1v) is 6.60. The third kappa shape index (κ3) is 5.06. The van der Waals surface area contributed by atoms with E-state index < -0.39 is 6.10 Å². The van der Waals surface area contributed by atoms with Crippen LogP contribution >= 0.6 is 0 Å². The molecule has 1 aliphatic heterocycles. The van der Waals surface area contributed by atoms with Crippen LogP contribution in [0.1, 0.15) is 12.8 Å². The van der Waals surface area contributed by atoms with Crippen molar-refractivity contribution in [2.24, 2.45) is 0 Å². The molecule has 5 heteroatoms. The molecular weight excluding hydrogens is 246 g/mol. The lowest BCUT2D eigenvalue weighted by molar-refractivity contribution is -0.0659. The number of benzene rings is 1. The maximum atomic E-state index is 9.80. The normalized spacial score (nSPS) is 18.2. The van der Waals surface area contributed by atoms with Crippen LogP contribution in [0.15, 0.2) is 24.3 Å². The van der Waals surface area contributed by atoms with Crippen LogP contribution in [-0.2, 0) is 9.47 Å². The molecule has 0 amide bonds. The molecular formula is C14H21NO4. The predicted octanol–water partition coefficient (Wildman–Crippen LogP) is 1.20. The van der Waals surface area contributed by atoms with E-state index in [1.54, 1.807) is 12.1 Å². The second-order valence-corrected chi connectivity index (χ2v) is 4.68. The fraction of sp³-hybridized carbons (Fsp3) is 0.571. The van der Waals surface area contributed by atoms with Gasteiger partial charge in [0.2, 0.25) is 0 Å². The zero-order chi connectivity index (χ0) is 13.5. The number of ether oxygens (including phenoxy) is 3. The minimum atomic E-state index is -0.635. The fourth-order valence-electron chi connectivity index (χ4n) is 1.93. The molecule has 106 valence electrons. The average molecular weight is 267 g/mol. The number of hydrogen-bond donors (Lipinski definition) is 2. The van der Waals surface area contributed by atoms with Gasteiger partial charge < -0.3 is 25.1 Å². The molecule has 0 aromatic heterocycles. The molecule has 1 unspecified atom stereocenters. The first-order valence-electron chi connectivity index (χ1n) is 6.60. The number of aliphatic hydroxyl groups excluding tert-OH is 1. The lowest BCUT2D eigenvalue weighted by Gasteiger charge is -2.23. The highest BCUT2D eigenvalue weighted by molar-refractivity contribution is 5.43. The minimum absolute atomic E-state index is 0.191. The highest BCUT2D eigenvalue weighted by Gasteiger charge is 2.16. The van der Waals surface area contributed by atoms with Crippen molar-refractivity contribution in [2.75, 3.05) is 32.2 Å². The number of hydrogen-bond acceptors (Lipinski definition) is 5. The van der Waals surface area contributed by atoms with Gasteiger partial charge in [0.15, 0.2) is 0 Å². The molecule has 1 aromatic carbocycles. The highest BCUT2D eigenvalue weighted by atomic mass is 16.5. The molecule has 1 aliphatic rings. The molecule has 0 bridgehead atoms. The summed E-state index contributed by atoms with van der Waals surface area (Å²) >= 11 is 0. The van der Waals surface area contributed by atoms with E-state index >= 15 is 0 Å². The van der Waals surface area contributed by atoms with Gasteiger partial charge in [-0.15, -0.1) is 0 Å². The van der Waals surface area contributed by atoms with Crippen molar-refractivity contribution in [1.82, 2.24) is 0 Å². The summed E-state index contributed by atoms with van der Waals surface area (Å²) in [6.45, 7) is 1.96. The van der Waals surface area contributed by atoms with Crippen molar-refractivity contribution in [1.29, 1.82) is 0 Å². The van der Waals surface area contributed by atoms with E-state index in [0.29, 0.717) is 11.4 Å². The standard InChI is InChI=1S/C14H21NO4/c15-11-2-1-3-14(8-11)19-10-12(16)9-18-13-4-6-17-7-5-13/h1-3,8,12-13,16H,4-7,9-10,15H2. The van der Waals surface area contributed by atoms with Crippen LogP contribution in [0.4, 0.5) is 5.69 Å². The van der Waals surface area contributed by atoms with Crippen molar-refractivity contribution < 1.29 is 19.3 Å². The van der Waals surface area contributed by atoms with E-state index in [0.717, 1.165) is 26.1 Å². The van der Waals surface area contributed by atoms with E-state index in [9.17, 15) is 5.11 Å². The molecule has 1 heterocycles. The molecule has 2 rings (SSSR count). The molecule has 5 nitrogen and oxygen atoms in total. The topological polar surface area (TPSA) is 73.9 Å². The molecule has 19 heavy (non-hydrogen) atoms. The van der Waals surface area contributed by atoms with E-state index in [4.69, 9.17) is 19.9 Å². The molecule has 3 N–H and O–H groups in total. The zero-order valence-corrected chi connectivity index (χ0v) is 11.0. The Bertz CT molecular complexity index is 379. The number of aliphatic hydroxyl groups is 1. The lowest BCUT2D eigenvalue weighted by atomic mass is 10.1. The van der Waals surface area contributed by atoms with Gasteiger partial charge in [-0.05, 0) is 25.0 Å². The van der Waals surface area contributed by atoms with Crippen LogP contribution in [0.25, 0.3) is 0 Å². The molecule has 1 aromatic rings. The number of rotatable bonds is 6. The molecule has 0 radical (unpaired) electrons. The van der Waals surface area contributed by atoms with Gasteiger partial charge in [-0.2, -0.15) is 0 Å². The Morgan fingerprint density at radius 2 is 2.11 bits per heavy atom. The number of anilines is 1. The van der Waals surface area contributed by atoms with Crippen LogP contribution in [0, 0.1) is 0 Å². The Morgan fingerprint density at radius 3 is 2.84 bits per heavy atom. The van der Waals surface area contributed by atoms with Gasteiger partial charge in [0.05, 0.1) is 12.7 Å². The highest BCUT2D eigenvalue weighted by Crippen LogP contribution is 2.15.